The molecule has 0 saturated carbocycles. The van der Waals surface area contributed by atoms with Gasteiger partial charge in [-0.25, -0.2) is 4.79 Å². The minimum atomic E-state index is -2.83. The van der Waals surface area contributed by atoms with Crippen LogP contribution in [0.4, 0.5) is 0 Å². The third-order valence-electron chi connectivity index (χ3n) is 7.47. The number of hydrogen-bond acceptors (Lipinski definition) is 18. The van der Waals surface area contributed by atoms with Crippen LogP contribution in [0.5, 0.6) is 0 Å². The van der Waals surface area contributed by atoms with Crippen LogP contribution in [0.25, 0.3) is 0 Å². The first kappa shape index (κ1) is 35.8. The van der Waals surface area contributed by atoms with Crippen molar-refractivity contribution >= 4 is 11.9 Å². The highest BCUT2D eigenvalue weighted by Gasteiger charge is 2.57. The van der Waals surface area contributed by atoms with Gasteiger partial charge < -0.3 is 90.3 Å². The highest BCUT2D eigenvalue weighted by molar-refractivity contribution is 5.76. The summed E-state index contributed by atoms with van der Waals surface area (Å²) in [6, 6.07) is -1.48. The van der Waals surface area contributed by atoms with E-state index in [1.54, 1.807) is 0 Å². The lowest BCUT2D eigenvalue weighted by Gasteiger charge is -2.48. The molecule has 0 radical (unpaired) electrons. The Kier molecular flexibility index (Phi) is 12.1. The fourth-order valence-corrected chi connectivity index (χ4v) is 5.05. The van der Waals surface area contributed by atoms with E-state index < -0.39 is 136 Å². The van der Waals surface area contributed by atoms with Gasteiger partial charge in [-0.2, -0.15) is 0 Å². The van der Waals surface area contributed by atoms with E-state index >= 15 is 0 Å². The van der Waals surface area contributed by atoms with Crippen LogP contribution in [0.2, 0.25) is 0 Å². The molecule has 20 heteroatoms. The molecule has 16 atom stereocenters. The number of ether oxygens (including phenoxy) is 5. The lowest BCUT2D eigenvalue weighted by molar-refractivity contribution is -0.364. The minimum Gasteiger partial charge on any atom is -0.477 e. The number of hydrogen-bond donors (Lipinski definition) is 13. The van der Waals surface area contributed by atoms with Crippen molar-refractivity contribution in [3.8, 4) is 0 Å². The molecule has 0 aromatic carbocycles. The van der Waals surface area contributed by atoms with E-state index in [-0.39, 0.29) is 0 Å². The monoisotopic (exact) mass is 633 g/mol. The number of carboxylic acid groups (broad SMARTS) is 1. The minimum absolute atomic E-state index is 0.719. The van der Waals surface area contributed by atoms with E-state index in [9.17, 15) is 70.9 Å². The Morgan fingerprint density at radius 2 is 1.58 bits per heavy atom. The second-order valence-electron chi connectivity index (χ2n) is 10.5. The molecule has 250 valence electrons. The molecule has 0 aliphatic carbocycles. The molecule has 3 aliphatic rings. The van der Waals surface area contributed by atoms with Crippen LogP contribution in [0, 0.1) is 0 Å². The van der Waals surface area contributed by atoms with Gasteiger partial charge in [-0.05, 0) is 0 Å². The Labute approximate surface area is 243 Å². The molecular formula is C23H39NO19. The number of carbonyl (C=O) groups is 2. The molecule has 1 amide bonds. The molecule has 3 heterocycles. The SMILES string of the molecule is CC(=O)NC1C(O)C[C@](OCC2OC(OC3C(CO)OC(O)C(O)C3O)C(O)C(O)C2O)(C(=O)O)OC1C(O)[C@H](O)CO. The predicted molar refractivity (Wildman–Crippen MR) is 130 cm³/mol. The Morgan fingerprint density at radius 1 is 0.930 bits per heavy atom. The van der Waals surface area contributed by atoms with Crippen LogP contribution in [-0.2, 0) is 33.3 Å². The van der Waals surface area contributed by atoms with Crippen molar-refractivity contribution in [2.24, 2.45) is 0 Å². The lowest BCUT2D eigenvalue weighted by Crippen LogP contribution is -2.68. The summed E-state index contributed by atoms with van der Waals surface area (Å²) in [5.41, 5.74) is 0. The second-order valence-corrected chi connectivity index (χ2v) is 10.5. The summed E-state index contributed by atoms with van der Waals surface area (Å²) in [7, 11) is 0. The van der Waals surface area contributed by atoms with Gasteiger partial charge in [0.15, 0.2) is 12.6 Å². The Bertz CT molecular complexity index is 942. The van der Waals surface area contributed by atoms with E-state index in [0.29, 0.717) is 0 Å². The Hall–Kier alpha value is -1.70. The maximum absolute atomic E-state index is 12.3. The summed E-state index contributed by atoms with van der Waals surface area (Å²) < 4.78 is 26.7. The van der Waals surface area contributed by atoms with Gasteiger partial charge in [0.25, 0.3) is 5.79 Å². The summed E-state index contributed by atoms with van der Waals surface area (Å²) in [6.45, 7) is -1.76. The third kappa shape index (κ3) is 7.58. The first-order chi connectivity index (χ1) is 20.1. The van der Waals surface area contributed by atoms with Crippen molar-refractivity contribution in [2.45, 2.75) is 111 Å². The highest BCUT2D eigenvalue weighted by atomic mass is 16.8. The van der Waals surface area contributed by atoms with Crippen molar-refractivity contribution in [3.05, 3.63) is 0 Å². The van der Waals surface area contributed by atoms with Gasteiger partial charge in [0.2, 0.25) is 5.91 Å². The van der Waals surface area contributed by atoms with Crippen LogP contribution in [0.15, 0.2) is 0 Å². The number of amides is 1. The maximum Gasteiger partial charge on any atom is 0.364 e. The molecule has 20 nitrogen and oxygen atoms in total. The summed E-state index contributed by atoms with van der Waals surface area (Å²) in [5.74, 6) is -5.42. The number of carbonyl (C=O) groups excluding carboxylic acids is 1. The summed E-state index contributed by atoms with van der Waals surface area (Å²) in [5, 5.41) is 123. The first-order valence-electron chi connectivity index (χ1n) is 13.2. The molecule has 0 spiro atoms. The highest BCUT2D eigenvalue weighted by Crippen LogP contribution is 2.35. The largest absolute Gasteiger partial charge is 0.477 e. The van der Waals surface area contributed by atoms with Crippen LogP contribution in [0.3, 0.4) is 0 Å². The lowest BCUT2D eigenvalue weighted by atomic mass is 9.88. The average Bonchev–Trinajstić information content (AvgIpc) is 2.96. The van der Waals surface area contributed by atoms with Crippen molar-refractivity contribution in [2.75, 3.05) is 19.8 Å². The molecule has 14 unspecified atom stereocenters. The molecule has 3 aliphatic heterocycles. The van der Waals surface area contributed by atoms with E-state index in [1.807, 2.05) is 0 Å². The zero-order chi connectivity index (χ0) is 32.4. The molecule has 0 aromatic rings. The van der Waals surface area contributed by atoms with Crippen molar-refractivity contribution < 1.29 is 94.6 Å². The number of carboxylic acids is 1. The number of aliphatic hydroxyl groups excluding tert-OH is 11. The summed E-state index contributed by atoms with van der Waals surface area (Å²) in [4.78, 5) is 24.0. The quantitative estimate of drug-likeness (QED) is 0.100. The zero-order valence-electron chi connectivity index (χ0n) is 22.7. The Morgan fingerprint density at radius 3 is 2.14 bits per heavy atom. The number of nitrogens with one attached hydrogen (secondary N) is 1. The van der Waals surface area contributed by atoms with E-state index in [4.69, 9.17) is 23.7 Å². The average molecular weight is 634 g/mol. The first-order valence-corrected chi connectivity index (χ1v) is 13.2. The fourth-order valence-electron chi connectivity index (χ4n) is 5.05. The number of rotatable bonds is 11. The van der Waals surface area contributed by atoms with Gasteiger partial charge >= 0.3 is 5.97 Å². The van der Waals surface area contributed by atoms with Gasteiger partial charge in [0.1, 0.15) is 67.1 Å². The topological polar surface area (TPSA) is 335 Å². The number of aliphatic carboxylic acids is 1. The standard InChI is InChI=1S/C23H39NO19/c1-6(27)24-11-7(28)2-23(22(37)38,43-19(11)12(30)8(29)3-25)39-5-10-13(31)14(32)17(35)21(41-10)42-18-9(4-26)40-20(36)16(34)15(18)33/h7-21,25-26,28-36H,2-5H2,1H3,(H,24,27)(H,37,38)/t7?,8-,9?,10?,11?,12?,13?,14?,15?,16?,17?,18?,19?,20?,21?,23-/m1/s1. The van der Waals surface area contributed by atoms with Gasteiger partial charge in [-0.1, -0.05) is 0 Å². The molecule has 13 N–H and O–H groups in total. The molecule has 3 rings (SSSR count). The van der Waals surface area contributed by atoms with Gasteiger partial charge in [0, 0.05) is 13.3 Å². The predicted octanol–water partition coefficient (Wildman–Crippen LogP) is -8.22. The van der Waals surface area contributed by atoms with Crippen molar-refractivity contribution in [3.63, 3.8) is 0 Å². The number of aliphatic hydroxyl groups is 11. The second kappa shape index (κ2) is 14.6. The van der Waals surface area contributed by atoms with Crippen LogP contribution in [-0.4, -0.2) is 191 Å². The molecule has 43 heavy (non-hydrogen) atoms. The molecule has 0 bridgehead atoms. The van der Waals surface area contributed by atoms with E-state index in [1.165, 1.54) is 0 Å². The molecule has 3 saturated heterocycles. The molecular weight excluding hydrogens is 594 g/mol. The fraction of sp³-hybridized carbons (Fsp3) is 0.913. The molecule has 3 fully saturated rings. The van der Waals surface area contributed by atoms with Crippen molar-refractivity contribution in [1.82, 2.24) is 5.32 Å². The summed E-state index contributed by atoms with van der Waals surface area (Å²) >= 11 is 0. The molecule has 0 aromatic heterocycles. The van der Waals surface area contributed by atoms with Crippen LogP contribution < -0.4 is 5.32 Å². The van der Waals surface area contributed by atoms with E-state index in [2.05, 4.69) is 5.32 Å². The van der Waals surface area contributed by atoms with Crippen LogP contribution in [0.1, 0.15) is 13.3 Å². The summed E-state index contributed by atoms with van der Waals surface area (Å²) in [6.07, 6.45) is -27.0. The maximum atomic E-state index is 12.3. The van der Waals surface area contributed by atoms with E-state index in [0.717, 1.165) is 6.92 Å². The smallest absolute Gasteiger partial charge is 0.364 e. The normalized spacial score (nSPS) is 45.3. The Balaban J connectivity index is 1.82. The van der Waals surface area contributed by atoms with Gasteiger partial charge in [-0.15, -0.1) is 0 Å². The van der Waals surface area contributed by atoms with Gasteiger partial charge in [0.05, 0.1) is 32.0 Å². The van der Waals surface area contributed by atoms with Crippen molar-refractivity contribution in [1.29, 1.82) is 0 Å². The zero-order valence-corrected chi connectivity index (χ0v) is 22.7. The third-order valence-corrected chi connectivity index (χ3v) is 7.47. The van der Waals surface area contributed by atoms with Crippen LogP contribution >= 0.6 is 0 Å². The van der Waals surface area contributed by atoms with Gasteiger partial charge in [-0.3, -0.25) is 4.79 Å².